The highest BCUT2D eigenvalue weighted by Gasteiger charge is 2.16. The predicted octanol–water partition coefficient (Wildman–Crippen LogP) is 3.66. The zero-order chi connectivity index (χ0) is 19.4. The van der Waals surface area contributed by atoms with Gasteiger partial charge in [0, 0.05) is 17.4 Å². The van der Waals surface area contributed by atoms with Crippen LogP contribution in [0, 0.1) is 6.92 Å². The minimum Gasteiger partial charge on any atom is -0.462 e. The highest BCUT2D eigenvalue weighted by Crippen LogP contribution is 2.24. The third-order valence-electron chi connectivity index (χ3n) is 3.77. The molecule has 3 rings (SSSR count). The van der Waals surface area contributed by atoms with E-state index >= 15 is 0 Å². The summed E-state index contributed by atoms with van der Waals surface area (Å²) in [6, 6.07) is 9.89. The Morgan fingerprint density at radius 3 is 2.74 bits per heavy atom. The number of rotatable bonds is 5. The number of esters is 1. The molecule has 0 spiro atoms. The Morgan fingerprint density at radius 2 is 2.07 bits per heavy atom. The van der Waals surface area contributed by atoms with Crippen LogP contribution in [0.15, 0.2) is 48.8 Å². The predicted molar refractivity (Wildman–Crippen MR) is 101 cm³/mol. The van der Waals surface area contributed by atoms with Crippen LogP contribution >= 0.6 is 11.6 Å². The lowest BCUT2D eigenvalue weighted by Gasteiger charge is -2.12. The summed E-state index contributed by atoms with van der Waals surface area (Å²) >= 11 is 6.07. The lowest BCUT2D eigenvalue weighted by atomic mass is 10.1. The van der Waals surface area contributed by atoms with Crippen LogP contribution in [-0.4, -0.2) is 33.2 Å². The molecule has 0 radical (unpaired) electrons. The normalized spacial score (nSPS) is 10.5. The maximum atomic E-state index is 12.6. The van der Waals surface area contributed by atoms with Crippen LogP contribution in [0.25, 0.3) is 5.69 Å². The second-order valence-electron chi connectivity index (χ2n) is 5.62. The number of aromatic nitrogens is 3. The average Bonchev–Trinajstić information content (AvgIpc) is 3.16. The van der Waals surface area contributed by atoms with Crippen molar-refractivity contribution in [1.29, 1.82) is 0 Å². The molecule has 2 aromatic heterocycles. The molecule has 0 aliphatic rings. The monoisotopic (exact) mass is 384 g/mol. The summed E-state index contributed by atoms with van der Waals surface area (Å²) in [7, 11) is 0. The Kier molecular flexibility index (Phi) is 5.52. The van der Waals surface area contributed by atoms with E-state index in [1.165, 1.54) is 12.1 Å². The molecule has 3 aromatic rings. The summed E-state index contributed by atoms with van der Waals surface area (Å²) in [5.41, 5.74) is 2.07. The van der Waals surface area contributed by atoms with Crippen molar-refractivity contribution >= 4 is 29.2 Å². The Balaban J connectivity index is 1.87. The molecule has 0 aliphatic heterocycles. The van der Waals surface area contributed by atoms with Gasteiger partial charge in [-0.1, -0.05) is 11.6 Å². The summed E-state index contributed by atoms with van der Waals surface area (Å²) in [5, 5.41) is 7.44. The summed E-state index contributed by atoms with van der Waals surface area (Å²) in [5.74, 6) is -0.894. The van der Waals surface area contributed by atoms with Gasteiger partial charge in [-0.05, 0) is 50.2 Å². The largest absolute Gasteiger partial charge is 0.462 e. The number of hydrogen-bond donors (Lipinski definition) is 1. The highest BCUT2D eigenvalue weighted by atomic mass is 35.5. The fourth-order valence-corrected chi connectivity index (χ4v) is 2.69. The Morgan fingerprint density at radius 1 is 1.26 bits per heavy atom. The van der Waals surface area contributed by atoms with Gasteiger partial charge in [0.1, 0.15) is 5.69 Å². The van der Waals surface area contributed by atoms with E-state index < -0.39 is 11.9 Å². The number of carbonyl (C=O) groups is 2. The van der Waals surface area contributed by atoms with Crippen molar-refractivity contribution in [1.82, 2.24) is 14.8 Å². The van der Waals surface area contributed by atoms with E-state index in [9.17, 15) is 9.59 Å². The van der Waals surface area contributed by atoms with Crippen molar-refractivity contribution in [3.8, 4) is 5.69 Å². The quantitative estimate of drug-likeness (QED) is 0.678. The molecule has 1 aromatic carbocycles. The minimum atomic E-state index is -0.467. The Labute approximate surface area is 160 Å². The van der Waals surface area contributed by atoms with E-state index in [4.69, 9.17) is 16.3 Å². The first-order valence-corrected chi connectivity index (χ1v) is 8.63. The molecule has 0 fully saturated rings. The van der Waals surface area contributed by atoms with Gasteiger partial charge in [0.25, 0.3) is 5.91 Å². The first kappa shape index (κ1) is 18.6. The fourth-order valence-electron chi connectivity index (χ4n) is 2.52. The number of pyridine rings is 1. The Bertz CT molecular complexity index is 987. The van der Waals surface area contributed by atoms with Gasteiger partial charge in [-0.3, -0.25) is 4.79 Å². The summed E-state index contributed by atoms with van der Waals surface area (Å²) in [6.45, 7) is 3.65. The molecule has 0 saturated heterocycles. The molecule has 2 heterocycles. The molecule has 1 N–H and O–H groups in total. The molecule has 27 heavy (non-hydrogen) atoms. The molecule has 0 bridgehead atoms. The number of hydrogen-bond acceptors (Lipinski definition) is 5. The maximum absolute atomic E-state index is 12.6. The molecule has 1 amide bonds. The summed E-state index contributed by atoms with van der Waals surface area (Å²) in [6.07, 6.45) is 3.40. The van der Waals surface area contributed by atoms with E-state index in [1.807, 2.05) is 0 Å². The molecule has 8 heteroatoms. The number of amides is 1. The van der Waals surface area contributed by atoms with Gasteiger partial charge in [0.05, 0.1) is 29.2 Å². The van der Waals surface area contributed by atoms with Gasteiger partial charge in [-0.25, -0.2) is 14.5 Å². The molecular weight excluding hydrogens is 368 g/mol. The smallest absolute Gasteiger partial charge is 0.339 e. The number of nitrogens with zero attached hydrogens (tertiary/aromatic N) is 3. The van der Waals surface area contributed by atoms with E-state index in [2.05, 4.69) is 15.4 Å². The first-order valence-electron chi connectivity index (χ1n) is 8.25. The van der Waals surface area contributed by atoms with Gasteiger partial charge in [-0.2, -0.15) is 5.10 Å². The number of benzene rings is 1. The number of aryl methyl sites for hydroxylation is 1. The van der Waals surface area contributed by atoms with Gasteiger partial charge < -0.3 is 10.1 Å². The van der Waals surface area contributed by atoms with Crippen molar-refractivity contribution in [2.45, 2.75) is 13.8 Å². The standard InChI is InChI=1S/C19H17ClN4O3/c1-3-27-19(26)14-6-7-15(22-12(14)2)18(25)23-16-11-13(20)5-8-17(16)24-10-4-9-21-24/h4-11H,3H2,1-2H3,(H,23,25). The van der Waals surface area contributed by atoms with Crippen LogP contribution in [0.1, 0.15) is 33.5 Å². The number of halogens is 1. The maximum Gasteiger partial charge on any atom is 0.339 e. The topological polar surface area (TPSA) is 86.1 Å². The van der Waals surface area contributed by atoms with Gasteiger partial charge in [-0.15, -0.1) is 0 Å². The second kappa shape index (κ2) is 8.01. The SMILES string of the molecule is CCOC(=O)c1ccc(C(=O)Nc2cc(Cl)ccc2-n2cccn2)nc1C. The van der Waals surface area contributed by atoms with Crippen molar-refractivity contribution in [3.05, 3.63) is 70.8 Å². The van der Waals surface area contributed by atoms with E-state index in [-0.39, 0.29) is 12.3 Å². The van der Waals surface area contributed by atoms with Crippen molar-refractivity contribution in [2.24, 2.45) is 0 Å². The molecule has 0 saturated carbocycles. The van der Waals surface area contributed by atoms with Crippen LogP contribution in [0.2, 0.25) is 5.02 Å². The molecular formula is C19H17ClN4O3. The number of ether oxygens (including phenoxy) is 1. The lowest BCUT2D eigenvalue weighted by molar-refractivity contribution is 0.0524. The van der Waals surface area contributed by atoms with Crippen LogP contribution in [0.5, 0.6) is 0 Å². The molecule has 0 aliphatic carbocycles. The Hall–Kier alpha value is -3.19. The van der Waals surface area contributed by atoms with Crippen molar-refractivity contribution < 1.29 is 14.3 Å². The van der Waals surface area contributed by atoms with Gasteiger partial charge in [0.2, 0.25) is 0 Å². The third kappa shape index (κ3) is 4.15. The number of anilines is 1. The van der Waals surface area contributed by atoms with Crippen molar-refractivity contribution in [2.75, 3.05) is 11.9 Å². The second-order valence-corrected chi connectivity index (χ2v) is 6.05. The van der Waals surface area contributed by atoms with Gasteiger partial charge in [0.15, 0.2) is 0 Å². The lowest BCUT2D eigenvalue weighted by Crippen LogP contribution is -2.17. The van der Waals surface area contributed by atoms with Crippen LogP contribution in [0.4, 0.5) is 5.69 Å². The first-order chi connectivity index (χ1) is 13.0. The minimum absolute atomic E-state index is 0.173. The average molecular weight is 385 g/mol. The fraction of sp³-hybridized carbons (Fsp3) is 0.158. The third-order valence-corrected chi connectivity index (χ3v) is 4.01. The van der Waals surface area contributed by atoms with Gasteiger partial charge >= 0.3 is 5.97 Å². The molecule has 7 nitrogen and oxygen atoms in total. The molecule has 0 atom stereocenters. The molecule has 0 unspecified atom stereocenters. The summed E-state index contributed by atoms with van der Waals surface area (Å²) in [4.78, 5) is 28.7. The van der Waals surface area contributed by atoms with E-state index in [1.54, 1.807) is 55.2 Å². The molecule has 138 valence electrons. The zero-order valence-corrected chi connectivity index (χ0v) is 15.5. The van der Waals surface area contributed by atoms with Crippen LogP contribution in [-0.2, 0) is 4.74 Å². The zero-order valence-electron chi connectivity index (χ0n) is 14.8. The highest BCUT2D eigenvalue weighted by molar-refractivity contribution is 6.31. The number of carbonyl (C=O) groups excluding carboxylic acids is 2. The van der Waals surface area contributed by atoms with E-state index in [0.29, 0.717) is 27.7 Å². The van der Waals surface area contributed by atoms with Crippen molar-refractivity contribution in [3.63, 3.8) is 0 Å². The summed E-state index contributed by atoms with van der Waals surface area (Å²) < 4.78 is 6.59. The van der Waals surface area contributed by atoms with Crippen LogP contribution in [0.3, 0.4) is 0 Å². The van der Waals surface area contributed by atoms with Crippen LogP contribution < -0.4 is 5.32 Å². The number of nitrogens with one attached hydrogen (secondary N) is 1. The van der Waals surface area contributed by atoms with E-state index in [0.717, 1.165) is 0 Å².